The Morgan fingerprint density at radius 1 is 1.25 bits per heavy atom. The zero-order chi connectivity index (χ0) is 14.2. The first-order chi connectivity index (χ1) is 9.85. The number of hydrogen-bond acceptors (Lipinski definition) is 3. The van der Waals surface area contributed by atoms with Gasteiger partial charge in [-0.2, -0.15) is 0 Å². The lowest BCUT2D eigenvalue weighted by molar-refractivity contribution is 0.281. The summed E-state index contributed by atoms with van der Waals surface area (Å²) in [7, 11) is 0. The predicted molar refractivity (Wildman–Crippen MR) is 85.9 cm³/mol. The van der Waals surface area contributed by atoms with Gasteiger partial charge >= 0.3 is 0 Å². The number of nitrogens with zero attached hydrogens (tertiary/aromatic N) is 1. The molecule has 3 nitrogen and oxygen atoms in total. The fraction of sp³-hybridized carbons (Fsp3) is 0.647. The van der Waals surface area contributed by atoms with Crippen LogP contribution >= 0.6 is 0 Å². The van der Waals surface area contributed by atoms with Crippen LogP contribution in [0.2, 0.25) is 0 Å². The SMILES string of the molecule is CCCN(CC)CCNC1CCNCc2ccccc21. The Morgan fingerprint density at radius 3 is 2.90 bits per heavy atom. The lowest BCUT2D eigenvalue weighted by atomic mass is 9.99. The van der Waals surface area contributed by atoms with Crippen LogP contribution in [0.25, 0.3) is 0 Å². The first-order valence-electron chi connectivity index (χ1n) is 8.09. The van der Waals surface area contributed by atoms with Crippen molar-refractivity contribution < 1.29 is 0 Å². The van der Waals surface area contributed by atoms with Crippen molar-refractivity contribution in [3.63, 3.8) is 0 Å². The molecule has 0 spiro atoms. The maximum Gasteiger partial charge on any atom is 0.0336 e. The first-order valence-corrected chi connectivity index (χ1v) is 8.09. The van der Waals surface area contributed by atoms with Crippen molar-refractivity contribution in [3.05, 3.63) is 35.4 Å². The molecule has 1 atom stereocenters. The molecule has 0 fully saturated rings. The fourth-order valence-electron chi connectivity index (χ4n) is 3.01. The molecule has 2 N–H and O–H groups in total. The third-order valence-electron chi connectivity index (χ3n) is 4.16. The third kappa shape index (κ3) is 4.30. The van der Waals surface area contributed by atoms with Crippen molar-refractivity contribution in [1.82, 2.24) is 15.5 Å². The molecule has 0 amide bonds. The summed E-state index contributed by atoms with van der Waals surface area (Å²) in [5.74, 6) is 0. The Labute approximate surface area is 123 Å². The molecule has 3 heteroatoms. The van der Waals surface area contributed by atoms with Gasteiger partial charge in [0.05, 0.1) is 0 Å². The van der Waals surface area contributed by atoms with Crippen molar-refractivity contribution in [3.8, 4) is 0 Å². The molecular formula is C17H29N3. The Balaban J connectivity index is 1.89. The highest BCUT2D eigenvalue weighted by Crippen LogP contribution is 2.23. The van der Waals surface area contributed by atoms with Crippen LogP contribution in [0.15, 0.2) is 24.3 Å². The van der Waals surface area contributed by atoms with Gasteiger partial charge in [0.25, 0.3) is 0 Å². The summed E-state index contributed by atoms with van der Waals surface area (Å²) in [5.41, 5.74) is 2.93. The van der Waals surface area contributed by atoms with Crippen LogP contribution in [0, 0.1) is 0 Å². The molecule has 1 aliphatic rings. The molecular weight excluding hydrogens is 246 g/mol. The van der Waals surface area contributed by atoms with E-state index in [1.165, 1.54) is 30.5 Å². The Hall–Kier alpha value is -0.900. The smallest absolute Gasteiger partial charge is 0.0336 e. The second-order valence-electron chi connectivity index (χ2n) is 5.61. The van der Waals surface area contributed by atoms with Crippen LogP contribution in [-0.4, -0.2) is 37.6 Å². The monoisotopic (exact) mass is 275 g/mol. The van der Waals surface area contributed by atoms with Gasteiger partial charge in [0.15, 0.2) is 0 Å². The van der Waals surface area contributed by atoms with Crippen molar-refractivity contribution in [2.75, 3.05) is 32.7 Å². The van der Waals surface area contributed by atoms with E-state index >= 15 is 0 Å². The Kier molecular flexibility index (Phi) is 6.51. The molecule has 112 valence electrons. The molecule has 1 unspecified atom stereocenters. The zero-order valence-corrected chi connectivity index (χ0v) is 13.0. The Morgan fingerprint density at radius 2 is 2.10 bits per heavy atom. The highest BCUT2D eigenvalue weighted by Gasteiger charge is 2.17. The van der Waals surface area contributed by atoms with Gasteiger partial charge in [-0.25, -0.2) is 0 Å². The third-order valence-corrected chi connectivity index (χ3v) is 4.16. The minimum Gasteiger partial charge on any atom is -0.313 e. The molecule has 1 heterocycles. The Bertz CT molecular complexity index is 392. The second-order valence-corrected chi connectivity index (χ2v) is 5.61. The van der Waals surface area contributed by atoms with Gasteiger partial charge in [0.2, 0.25) is 0 Å². The average molecular weight is 275 g/mol. The van der Waals surface area contributed by atoms with Crippen LogP contribution in [-0.2, 0) is 6.54 Å². The summed E-state index contributed by atoms with van der Waals surface area (Å²) >= 11 is 0. The highest BCUT2D eigenvalue weighted by molar-refractivity contribution is 5.30. The maximum atomic E-state index is 3.76. The maximum absolute atomic E-state index is 3.76. The van der Waals surface area contributed by atoms with E-state index in [0.717, 1.165) is 32.7 Å². The minimum absolute atomic E-state index is 0.501. The van der Waals surface area contributed by atoms with Crippen molar-refractivity contribution >= 4 is 0 Å². The summed E-state index contributed by atoms with van der Waals surface area (Å²) in [6.07, 6.45) is 2.42. The standard InChI is InChI=1S/C17H29N3/c1-3-12-20(4-2)13-11-19-17-9-10-18-14-15-7-5-6-8-16(15)17/h5-8,17-19H,3-4,9-14H2,1-2H3. The molecule has 1 aliphatic heterocycles. The largest absolute Gasteiger partial charge is 0.313 e. The average Bonchev–Trinajstić information content (AvgIpc) is 2.69. The minimum atomic E-state index is 0.501. The number of nitrogens with one attached hydrogen (secondary N) is 2. The summed E-state index contributed by atoms with van der Waals surface area (Å²) in [5, 5.41) is 7.27. The number of likely N-dealkylation sites (N-methyl/N-ethyl adjacent to an activating group) is 1. The quantitative estimate of drug-likeness (QED) is 0.801. The molecule has 0 bridgehead atoms. The van der Waals surface area contributed by atoms with Crippen LogP contribution < -0.4 is 10.6 Å². The number of fused-ring (bicyclic) bond motifs is 1. The summed E-state index contributed by atoms with van der Waals surface area (Å²) in [6, 6.07) is 9.33. The molecule has 0 radical (unpaired) electrons. The fourth-order valence-corrected chi connectivity index (χ4v) is 3.01. The molecule has 0 aliphatic carbocycles. The van der Waals surface area contributed by atoms with Crippen molar-refractivity contribution in [2.24, 2.45) is 0 Å². The van der Waals surface area contributed by atoms with E-state index in [9.17, 15) is 0 Å². The van der Waals surface area contributed by atoms with E-state index in [-0.39, 0.29) is 0 Å². The van der Waals surface area contributed by atoms with Crippen molar-refractivity contribution in [1.29, 1.82) is 0 Å². The molecule has 1 aromatic carbocycles. The molecule has 1 aromatic rings. The van der Waals surface area contributed by atoms with Gasteiger partial charge in [0.1, 0.15) is 0 Å². The topological polar surface area (TPSA) is 27.3 Å². The molecule has 2 rings (SSSR count). The highest BCUT2D eigenvalue weighted by atomic mass is 15.1. The van der Waals surface area contributed by atoms with Crippen LogP contribution in [0.1, 0.15) is 43.9 Å². The predicted octanol–water partition coefficient (Wildman–Crippen LogP) is 2.54. The second kappa shape index (κ2) is 8.40. The molecule has 0 saturated heterocycles. The number of hydrogen-bond donors (Lipinski definition) is 2. The van der Waals surface area contributed by atoms with E-state index in [2.05, 4.69) is 53.6 Å². The summed E-state index contributed by atoms with van der Waals surface area (Å²) in [6.45, 7) is 11.2. The van der Waals surface area contributed by atoms with Crippen LogP contribution in [0.5, 0.6) is 0 Å². The van der Waals surface area contributed by atoms with Crippen LogP contribution in [0.3, 0.4) is 0 Å². The van der Waals surface area contributed by atoms with Gasteiger partial charge in [-0.05, 0) is 43.6 Å². The van der Waals surface area contributed by atoms with Gasteiger partial charge in [-0.1, -0.05) is 38.1 Å². The number of rotatable bonds is 7. The lowest BCUT2D eigenvalue weighted by Gasteiger charge is -2.23. The molecule has 0 aromatic heterocycles. The summed E-state index contributed by atoms with van der Waals surface area (Å²) < 4.78 is 0. The zero-order valence-electron chi connectivity index (χ0n) is 13.0. The first kappa shape index (κ1) is 15.5. The normalized spacial score (nSPS) is 18.9. The van der Waals surface area contributed by atoms with E-state index in [1.54, 1.807) is 0 Å². The lowest BCUT2D eigenvalue weighted by Crippen LogP contribution is -2.34. The van der Waals surface area contributed by atoms with E-state index in [4.69, 9.17) is 0 Å². The number of benzene rings is 1. The molecule has 20 heavy (non-hydrogen) atoms. The van der Waals surface area contributed by atoms with Gasteiger partial charge in [0, 0.05) is 25.7 Å². The van der Waals surface area contributed by atoms with Crippen LogP contribution in [0.4, 0.5) is 0 Å². The van der Waals surface area contributed by atoms with E-state index < -0.39 is 0 Å². The van der Waals surface area contributed by atoms with E-state index in [0.29, 0.717) is 6.04 Å². The van der Waals surface area contributed by atoms with Crippen molar-refractivity contribution in [2.45, 2.75) is 39.3 Å². The van der Waals surface area contributed by atoms with Gasteiger partial charge in [-0.15, -0.1) is 0 Å². The van der Waals surface area contributed by atoms with Gasteiger partial charge in [-0.3, -0.25) is 0 Å². The van der Waals surface area contributed by atoms with Gasteiger partial charge < -0.3 is 15.5 Å². The molecule has 0 saturated carbocycles. The van der Waals surface area contributed by atoms with E-state index in [1.807, 2.05) is 0 Å². The summed E-state index contributed by atoms with van der Waals surface area (Å²) in [4.78, 5) is 2.52.